The topological polar surface area (TPSA) is 98.5 Å². The van der Waals surface area contributed by atoms with Gasteiger partial charge in [0.05, 0.1) is 27.7 Å². The van der Waals surface area contributed by atoms with Crippen molar-refractivity contribution < 1.29 is 19.2 Å². The molecule has 25 heavy (non-hydrogen) atoms. The Hall–Kier alpha value is -2.93. The Morgan fingerprint density at radius 2 is 1.96 bits per heavy atom. The highest BCUT2D eigenvalue weighted by atomic mass is 35.5. The van der Waals surface area contributed by atoms with Crippen molar-refractivity contribution in [3.05, 3.63) is 68.2 Å². The second kappa shape index (κ2) is 7.76. The summed E-state index contributed by atoms with van der Waals surface area (Å²) in [6, 6.07) is 8.30. The van der Waals surface area contributed by atoms with Gasteiger partial charge in [-0.2, -0.15) is 0 Å². The predicted molar refractivity (Wildman–Crippen MR) is 93.2 cm³/mol. The summed E-state index contributed by atoms with van der Waals surface area (Å²) in [7, 11) is 0. The summed E-state index contributed by atoms with van der Waals surface area (Å²) in [5, 5.41) is 13.6. The van der Waals surface area contributed by atoms with Gasteiger partial charge in [0.1, 0.15) is 0 Å². The number of rotatable bonds is 5. The third-order valence-corrected chi connectivity index (χ3v) is 3.72. The van der Waals surface area contributed by atoms with Gasteiger partial charge in [-0.3, -0.25) is 14.9 Å². The largest absolute Gasteiger partial charge is 0.462 e. The van der Waals surface area contributed by atoms with Crippen LogP contribution in [-0.4, -0.2) is 23.4 Å². The third kappa shape index (κ3) is 4.33. The maximum atomic E-state index is 12.4. The van der Waals surface area contributed by atoms with Crippen molar-refractivity contribution in [2.24, 2.45) is 0 Å². The molecule has 0 aromatic heterocycles. The smallest absolute Gasteiger partial charge is 0.338 e. The number of nitro groups is 1. The van der Waals surface area contributed by atoms with Gasteiger partial charge in [-0.15, -0.1) is 0 Å². The number of nitrogens with one attached hydrogen (secondary N) is 1. The van der Waals surface area contributed by atoms with Crippen LogP contribution in [0.2, 0.25) is 5.02 Å². The zero-order valence-corrected chi connectivity index (χ0v) is 14.3. The first kappa shape index (κ1) is 18.4. The van der Waals surface area contributed by atoms with Crippen molar-refractivity contribution >= 4 is 34.9 Å². The Balaban J connectivity index is 2.25. The highest BCUT2D eigenvalue weighted by Crippen LogP contribution is 2.24. The van der Waals surface area contributed by atoms with E-state index in [1.165, 1.54) is 18.2 Å². The minimum absolute atomic E-state index is 0.00950. The zero-order chi connectivity index (χ0) is 18.6. The van der Waals surface area contributed by atoms with E-state index in [0.29, 0.717) is 16.8 Å². The standard InChI is InChI=1S/C17H15ClN2O5/c1-3-25-17(22)11-4-7-15(10(2)8-11)19-16(21)13-9-12(20(23)24)5-6-14(13)18/h4-9H,3H2,1-2H3,(H,19,21). The van der Waals surface area contributed by atoms with E-state index in [9.17, 15) is 19.7 Å². The molecule has 2 rings (SSSR count). The molecule has 0 aliphatic rings. The fraction of sp³-hybridized carbons (Fsp3) is 0.176. The van der Waals surface area contributed by atoms with Gasteiger partial charge in [0.2, 0.25) is 0 Å². The Kier molecular flexibility index (Phi) is 5.71. The number of hydrogen-bond donors (Lipinski definition) is 1. The van der Waals surface area contributed by atoms with Gasteiger partial charge in [-0.25, -0.2) is 4.79 Å². The molecule has 0 aliphatic carbocycles. The minimum atomic E-state index is -0.605. The monoisotopic (exact) mass is 362 g/mol. The van der Waals surface area contributed by atoms with E-state index in [-0.39, 0.29) is 22.9 Å². The zero-order valence-electron chi connectivity index (χ0n) is 13.5. The molecule has 0 saturated carbocycles. The number of esters is 1. The highest BCUT2D eigenvalue weighted by Gasteiger charge is 2.17. The van der Waals surface area contributed by atoms with E-state index >= 15 is 0 Å². The number of aryl methyl sites for hydroxylation is 1. The van der Waals surface area contributed by atoms with E-state index in [4.69, 9.17) is 16.3 Å². The molecular formula is C17H15ClN2O5. The summed E-state index contributed by atoms with van der Waals surface area (Å²) in [6.07, 6.45) is 0. The average Bonchev–Trinajstić information content (AvgIpc) is 2.56. The Bertz CT molecular complexity index is 851. The number of amides is 1. The van der Waals surface area contributed by atoms with Gasteiger partial charge in [0.15, 0.2) is 0 Å². The number of carbonyl (C=O) groups is 2. The van der Waals surface area contributed by atoms with Crippen molar-refractivity contribution in [3.8, 4) is 0 Å². The molecule has 130 valence electrons. The third-order valence-electron chi connectivity index (χ3n) is 3.39. The van der Waals surface area contributed by atoms with Crippen LogP contribution in [0.25, 0.3) is 0 Å². The average molecular weight is 363 g/mol. The summed E-state index contributed by atoms with van der Waals surface area (Å²) < 4.78 is 4.92. The number of nitrogens with zero attached hydrogens (tertiary/aromatic N) is 1. The maximum Gasteiger partial charge on any atom is 0.338 e. The van der Waals surface area contributed by atoms with Crippen molar-refractivity contribution in [1.82, 2.24) is 0 Å². The van der Waals surface area contributed by atoms with Crippen LogP contribution in [0.1, 0.15) is 33.2 Å². The number of benzene rings is 2. The van der Waals surface area contributed by atoms with Crippen LogP contribution in [0.5, 0.6) is 0 Å². The van der Waals surface area contributed by atoms with Gasteiger partial charge in [0, 0.05) is 17.8 Å². The van der Waals surface area contributed by atoms with E-state index in [1.54, 1.807) is 26.0 Å². The minimum Gasteiger partial charge on any atom is -0.462 e. The summed E-state index contributed by atoms with van der Waals surface area (Å²) >= 11 is 5.96. The van der Waals surface area contributed by atoms with Crippen molar-refractivity contribution in [3.63, 3.8) is 0 Å². The Morgan fingerprint density at radius 3 is 2.56 bits per heavy atom. The van der Waals surface area contributed by atoms with Gasteiger partial charge in [-0.1, -0.05) is 11.6 Å². The first-order valence-electron chi connectivity index (χ1n) is 7.36. The lowest BCUT2D eigenvalue weighted by molar-refractivity contribution is -0.384. The Morgan fingerprint density at radius 1 is 1.24 bits per heavy atom. The van der Waals surface area contributed by atoms with Crippen molar-refractivity contribution in [1.29, 1.82) is 0 Å². The van der Waals surface area contributed by atoms with E-state index in [2.05, 4.69) is 5.32 Å². The number of nitro benzene ring substituents is 1. The van der Waals surface area contributed by atoms with Crippen LogP contribution in [0.4, 0.5) is 11.4 Å². The molecule has 0 aliphatic heterocycles. The van der Waals surface area contributed by atoms with E-state index in [0.717, 1.165) is 6.07 Å². The van der Waals surface area contributed by atoms with Crippen LogP contribution < -0.4 is 5.32 Å². The second-order valence-corrected chi connectivity index (χ2v) is 5.53. The molecule has 8 heteroatoms. The van der Waals surface area contributed by atoms with Gasteiger partial charge in [-0.05, 0) is 43.7 Å². The van der Waals surface area contributed by atoms with Crippen molar-refractivity contribution in [2.45, 2.75) is 13.8 Å². The molecule has 0 spiro atoms. The van der Waals surface area contributed by atoms with Gasteiger partial charge in [0.25, 0.3) is 11.6 Å². The molecule has 0 unspecified atom stereocenters. The normalized spacial score (nSPS) is 10.2. The molecule has 0 fully saturated rings. The molecule has 1 amide bonds. The highest BCUT2D eigenvalue weighted by molar-refractivity contribution is 6.34. The lowest BCUT2D eigenvalue weighted by atomic mass is 10.1. The molecule has 0 atom stereocenters. The van der Waals surface area contributed by atoms with Crippen LogP contribution in [0.3, 0.4) is 0 Å². The number of carbonyl (C=O) groups excluding carboxylic acids is 2. The summed E-state index contributed by atoms with van der Waals surface area (Å²) in [4.78, 5) is 34.3. The SMILES string of the molecule is CCOC(=O)c1ccc(NC(=O)c2cc([N+](=O)[O-])ccc2Cl)c(C)c1. The van der Waals surface area contributed by atoms with Gasteiger partial charge >= 0.3 is 5.97 Å². The lowest BCUT2D eigenvalue weighted by Gasteiger charge is -2.11. The number of hydrogen-bond acceptors (Lipinski definition) is 5. The molecule has 7 nitrogen and oxygen atoms in total. The van der Waals surface area contributed by atoms with Crippen LogP contribution >= 0.6 is 11.6 Å². The fourth-order valence-corrected chi connectivity index (χ4v) is 2.34. The first-order valence-corrected chi connectivity index (χ1v) is 7.74. The second-order valence-electron chi connectivity index (χ2n) is 5.13. The molecule has 0 radical (unpaired) electrons. The molecule has 0 saturated heterocycles. The quantitative estimate of drug-likeness (QED) is 0.492. The number of halogens is 1. The predicted octanol–water partition coefficient (Wildman–Crippen LogP) is 3.99. The molecule has 0 bridgehead atoms. The number of anilines is 1. The summed E-state index contributed by atoms with van der Waals surface area (Å²) in [5.74, 6) is -1.04. The first-order chi connectivity index (χ1) is 11.8. The number of ether oxygens (including phenoxy) is 1. The molecule has 2 aromatic carbocycles. The maximum absolute atomic E-state index is 12.4. The molecular weight excluding hydrogens is 348 g/mol. The van der Waals surface area contributed by atoms with Crippen LogP contribution in [-0.2, 0) is 4.74 Å². The van der Waals surface area contributed by atoms with Crippen molar-refractivity contribution in [2.75, 3.05) is 11.9 Å². The summed E-state index contributed by atoms with van der Waals surface area (Å²) in [6.45, 7) is 3.69. The lowest BCUT2D eigenvalue weighted by Crippen LogP contribution is -2.14. The fourth-order valence-electron chi connectivity index (χ4n) is 2.14. The summed E-state index contributed by atoms with van der Waals surface area (Å²) in [5.41, 5.74) is 1.22. The molecule has 2 aromatic rings. The Labute approximate surface area is 148 Å². The van der Waals surface area contributed by atoms with Gasteiger partial charge < -0.3 is 10.1 Å². The number of non-ortho nitro benzene ring substituents is 1. The molecule has 1 N–H and O–H groups in total. The van der Waals surface area contributed by atoms with E-state index < -0.39 is 16.8 Å². The molecule has 0 heterocycles. The van der Waals surface area contributed by atoms with Crippen LogP contribution in [0, 0.1) is 17.0 Å². The van der Waals surface area contributed by atoms with E-state index in [1.807, 2.05) is 0 Å². The van der Waals surface area contributed by atoms with Crippen LogP contribution in [0.15, 0.2) is 36.4 Å².